The largest absolute Gasteiger partial charge is 0.352 e. The summed E-state index contributed by atoms with van der Waals surface area (Å²) in [5.74, 6) is -0.219. The molecule has 168 valence electrons. The molecule has 0 aliphatic carbocycles. The molecule has 2 aromatic carbocycles. The van der Waals surface area contributed by atoms with E-state index in [0.29, 0.717) is 32.5 Å². The summed E-state index contributed by atoms with van der Waals surface area (Å²) in [4.78, 5) is 16.7. The van der Waals surface area contributed by atoms with Crippen molar-refractivity contribution < 1.29 is 13.2 Å². The summed E-state index contributed by atoms with van der Waals surface area (Å²) in [5, 5.41) is 2.99. The van der Waals surface area contributed by atoms with Crippen molar-refractivity contribution in [2.75, 3.05) is 13.1 Å². The van der Waals surface area contributed by atoms with Crippen LogP contribution in [0.4, 0.5) is 0 Å². The first-order chi connectivity index (χ1) is 15.4. The van der Waals surface area contributed by atoms with Crippen LogP contribution in [0.15, 0.2) is 71.7 Å². The van der Waals surface area contributed by atoms with Crippen molar-refractivity contribution in [1.29, 1.82) is 0 Å². The molecule has 2 heterocycles. The van der Waals surface area contributed by atoms with Crippen molar-refractivity contribution in [3.05, 3.63) is 82.9 Å². The predicted octanol–water partition coefficient (Wildman–Crippen LogP) is 3.49. The van der Waals surface area contributed by atoms with Gasteiger partial charge in [-0.2, -0.15) is 0 Å². The molecule has 7 nitrogen and oxygen atoms in total. The third-order valence-electron chi connectivity index (χ3n) is 5.66. The SMILES string of the molecule is O=C(NCc1ccc(-n2ccnc2)cc1)C1CCN(S(=O)(=O)Cc2cccc(Br)c2)CC1. The molecule has 0 saturated carbocycles. The van der Waals surface area contributed by atoms with E-state index < -0.39 is 10.0 Å². The van der Waals surface area contributed by atoms with Crippen LogP contribution in [0.25, 0.3) is 5.69 Å². The highest BCUT2D eigenvalue weighted by Gasteiger charge is 2.31. The molecular formula is C23H25BrN4O3S. The number of halogens is 1. The summed E-state index contributed by atoms with van der Waals surface area (Å²) in [6.45, 7) is 1.19. The van der Waals surface area contributed by atoms with Crippen molar-refractivity contribution in [3.63, 3.8) is 0 Å². The molecule has 0 spiro atoms. The zero-order chi connectivity index (χ0) is 22.6. The van der Waals surface area contributed by atoms with E-state index in [9.17, 15) is 13.2 Å². The van der Waals surface area contributed by atoms with Crippen LogP contribution < -0.4 is 5.32 Å². The molecule has 0 atom stereocenters. The lowest BCUT2D eigenvalue weighted by molar-refractivity contribution is -0.126. The molecule has 1 N–H and O–H groups in total. The number of benzene rings is 2. The first-order valence-corrected chi connectivity index (χ1v) is 12.9. The molecule has 1 aromatic heterocycles. The molecule has 4 rings (SSSR count). The van der Waals surface area contributed by atoms with Crippen LogP contribution in [-0.4, -0.2) is 41.3 Å². The number of rotatable bonds is 7. The highest BCUT2D eigenvalue weighted by molar-refractivity contribution is 9.10. The lowest BCUT2D eigenvalue weighted by atomic mass is 9.97. The zero-order valence-corrected chi connectivity index (χ0v) is 19.9. The Hall–Kier alpha value is -2.49. The van der Waals surface area contributed by atoms with Crippen molar-refractivity contribution in [2.24, 2.45) is 5.92 Å². The van der Waals surface area contributed by atoms with E-state index in [0.717, 1.165) is 21.3 Å². The molecule has 1 aliphatic rings. The van der Waals surface area contributed by atoms with Crippen LogP contribution in [0.1, 0.15) is 24.0 Å². The number of carbonyl (C=O) groups excluding carboxylic acids is 1. The van der Waals surface area contributed by atoms with Gasteiger partial charge in [0, 0.05) is 48.1 Å². The van der Waals surface area contributed by atoms with E-state index in [1.165, 1.54) is 4.31 Å². The average Bonchev–Trinajstić information content (AvgIpc) is 3.33. The third-order valence-corrected chi connectivity index (χ3v) is 8.01. The van der Waals surface area contributed by atoms with Crippen molar-refractivity contribution in [2.45, 2.75) is 25.1 Å². The van der Waals surface area contributed by atoms with Gasteiger partial charge in [0.15, 0.2) is 0 Å². The van der Waals surface area contributed by atoms with Gasteiger partial charge in [-0.05, 0) is 48.2 Å². The van der Waals surface area contributed by atoms with Crippen LogP contribution in [-0.2, 0) is 27.1 Å². The zero-order valence-electron chi connectivity index (χ0n) is 17.5. The topological polar surface area (TPSA) is 84.3 Å². The molecular weight excluding hydrogens is 492 g/mol. The fourth-order valence-corrected chi connectivity index (χ4v) is 5.85. The van der Waals surface area contributed by atoms with Gasteiger partial charge in [0.05, 0.1) is 12.1 Å². The Balaban J connectivity index is 1.26. The summed E-state index contributed by atoms with van der Waals surface area (Å²) in [6, 6.07) is 15.3. The first-order valence-electron chi connectivity index (χ1n) is 10.5. The Bertz CT molecular complexity index is 1160. The van der Waals surface area contributed by atoms with Crippen LogP contribution in [0.3, 0.4) is 0 Å². The van der Waals surface area contributed by atoms with E-state index in [2.05, 4.69) is 26.2 Å². The fraction of sp³-hybridized carbons (Fsp3) is 0.304. The number of carbonyl (C=O) groups is 1. The van der Waals surface area contributed by atoms with E-state index in [1.54, 1.807) is 12.5 Å². The number of hydrogen-bond acceptors (Lipinski definition) is 4. The Kier molecular flexibility index (Phi) is 7.07. The van der Waals surface area contributed by atoms with Crippen molar-refractivity contribution >= 4 is 31.9 Å². The molecule has 1 amide bonds. The van der Waals surface area contributed by atoms with Crippen LogP contribution in [0, 0.1) is 5.92 Å². The van der Waals surface area contributed by atoms with Gasteiger partial charge in [0.1, 0.15) is 0 Å². The van der Waals surface area contributed by atoms with Gasteiger partial charge in [-0.15, -0.1) is 0 Å². The monoisotopic (exact) mass is 516 g/mol. The van der Waals surface area contributed by atoms with Gasteiger partial charge in [0.25, 0.3) is 0 Å². The molecule has 3 aromatic rings. The van der Waals surface area contributed by atoms with Gasteiger partial charge in [-0.25, -0.2) is 17.7 Å². The van der Waals surface area contributed by atoms with Gasteiger partial charge >= 0.3 is 0 Å². The number of piperidine rings is 1. The molecule has 1 saturated heterocycles. The predicted molar refractivity (Wildman–Crippen MR) is 126 cm³/mol. The Labute approximate surface area is 196 Å². The molecule has 1 aliphatic heterocycles. The number of aromatic nitrogens is 2. The van der Waals surface area contributed by atoms with E-state index >= 15 is 0 Å². The Morgan fingerprint density at radius 1 is 1.09 bits per heavy atom. The van der Waals surface area contributed by atoms with E-state index in [-0.39, 0.29) is 17.6 Å². The standard InChI is InChI=1S/C23H25BrN4O3S/c24-21-3-1-2-19(14-21)16-32(30,31)28-11-8-20(9-12-28)23(29)26-15-18-4-6-22(7-5-18)27-13-10-25-17-27/h1-7,10,13-14,17,20H,8-9,11-12,15-16H2,(H,26,29). The van der Waals surface area contributed by atoms with E-state index in [4.69, 9.17) is 0 Å². The summed E-state index contributed by atoms with van der Waals surface area (Å²) >= 11 is 3.38. The fourth-order valence-electron chi connectivity index (χ4n) is 3.86. The summed E-state index contributed by atoms with van der Waals surface area (Å²) < 4.78 is 29.8. The van der Waals surface area contributed by atoms with Gasteiger partial charge in [-0.1, -0.05) is 40.2 Å². The average molecular weight is 517 g/mol. The Morgan fingerprint density at radius 2 is 1.84 bits per heavy atom. The lowest BCUT2D eigenvalue weighted by Gasteiger charge is -2.30. The van der Waals surface area contributed by atoms with Crippen LogP contribution in [0.2, 0.25) is 0 Å². The molecule has 32 heavy (non-hydrogen) atoms. The second-order valence-electron chi connectivity index (χ2n) is 7.91. The minimum absolute atomic E-state index is 0.0206. The third kappa shape index (κ3) is 5.65. The summed E-state index contributed by atoms with van der Waals surface area (Å²) in [7, 11) is -3.41. The minimum Gasteiger partial charge on any atom is -0.352 e. The van der Waals surface area contributed by atoms with E-state index in [1.807, 2.05) is 59.3 Å². The number of imidazole rings is 1. The molecule has 0 bridgehead atoms. The van der Waals surface area contributed by atoms with Gasteiger partial charge < -0.3 is 9.88 Å². The molecule has 9 heteroatoms. The second kappa shape index (κ2) is 9.97. The lowest BCUT2D eigenvalue weighted by Crippen LogP contribution is -2.43. The summed E-state index contributed by atoms with van der Waals surface area (Å²) in [5.41, 5.74) is 2.77. The van der Waals surface area contributed by atoms with Gasteiger partial charge in [0.2, 0.25) is 15.9 Å². The maximum Gasteiger partial charge on any atom is 0.223 e. The number of hydrogen-bond donors (Lipinski definition) is 1. The van der Waals surface area contributed by atoms with Crippen molar-refractivity contribution in [1.82, 2.24) is 19.2 Å². The maximum atomic E-state index is 12.8. The number of nitrogens with zero attached hydrogens (tertiary/aromatic N) is 3. The van der Waals surface area contributed by atoms with Gasteiger partial charge in [-0.3, -0.25) is 4.79 Å². The quantitative estimate of drug-likeness (QED) is 0.520. The minimum atomic E-state index is -3.41. The normalized spacial score (nSPS) is 15.5. The highest BCUT2D eigenvalue weighted by atomic mass is 79.9. The maximum absolute atomic E-state index is 12.8. The molecule has 0 unspecified atom stereocenters. The number of sulfonamides is 1. The smallest absolute Gasteiger partial charge is 0.223 e. The number of nitrogens with one attached hydrogen (secondary N) is 1. The van der Waals surface area contributed by atoms with Crippen LogP contribution >= 0.6 is 15.9 Å². The van der Waals surface area contributed by atoms with Crippen LogP contribution in [0.5, 0.6) is 0 Å². The second-order valence-corrected chi connectivity index (χ2v) is 10.8. The summed E-state index contributed by atoms with van der Waals surface area (Å²) in [6.07, 6.45) is 6.40. The first kappa shape index (κ1) is 22.7. The highest BCUT2D eigenvalue weighted by Crippen LogP contribution is 2.23. The van der Waals surface area contributed by atoms with Crippen molar-refractivity contribution in [3.8, 4) is 5.69 Å². The molecule has 1 fully saturated rings. The molecule has 0 radical (unpaired) electrons. The Morgan fingerprint density at radius 3 is 2.50 bits per heavy atom. The number of amides is 1.